The van der Waals surface area contributed by atoms with Gasteiger partial charge < -0.3 is 9.42 Å². The highest BCUT2D eigenvalue weighted by atomic mass is 16.5. The van der Waals surface area contributed by atoms with Crippen LogP contribution >= 0.6 is 0 Å². The molecule has 1 aliphatic heterocycles. The molecule has 0 spiro atoms. The first kappa shape index (κ1) is 11.6. The standard InChI is InChI=1S/C13H15N5O2/c1-8-11(4-14-20-8)13(19)17-5-10(6-17)18-7-12(15-16-18)9-2-3-9/h4,7,9-10H,2-3,5-6H2,1H3. The van der Waals surface area contributed by atoms with Crippen LogP contribution in [0, 0.1) is 6.92 Å². The van der Waals surface area contributed by atoms with E-state index in [1.54, 1.807) is 11.8 Å². The van der Waals surface area contributed by atoms with Gasteiger partial charge in [-0.15, -0.1) is 5.10 Å². The minimum atomic E-state index is -0.0254. The number of carbonyl (C=O) groups is 1. The van der Waals surface area contributed by atoms with Crippen LogP contribution in [0.15, 0.2) is 16.9 Å². The summed E-state index contributed by atoms with van der Waals surface area (Å²) in [5.41, 5.74) is 1.63. The van der Waals surface area contributed by atoms with Crippen LogP contribution < -0.4 is 0 Å². The Morgan fingerprint density at radius 1 is 1.40 bits per heavy atom. The second-order valence-electron chi connectivity index (χ2n) is 5.56. The van der Waals surface area contributed by atoms with Crippen LogP contribution in [0.1, 0.15) is 46.6 Å². The number of hydrogen-bond acceptors (Lipinski definition) is 5. The summed E-state index contributed by atoms with van der Waals surface area (Å²) in [5, 5.41) is 12.0. The van der Waals surface area contributed by atoms with Crippen LogP contribution in [-0.2, 0) is 0 Å². The zero-order valence-corrected chi connectivity index (χ0v) is 11.2. The van der Waals surface area contributed by atoms with Gasteiger partial charge in [-0.05, 0) is 19.8 Å². The molecule has 0 bridgehead atoms. The third-order valence-corrected chi connectivity index (χ3v) is 4.03. The molecule has 1 amide bonds. The van der Waals surface area contributed by atoms with E-state index in [0.29, 0.717) is 30.3 Å². The summed E-state index contributed by atoms with van der Waals surface area (Å²) < 4.78 is 6.81. The number of hydrogen-bond donors (Lipinski definition) is 0. The lowest BCUT2D eigenvalue weighted by Crippen LogP contribution is -2.51. The normalized spacial score (nSPS) is 19.1. The molecule has 3 heterocycles. The van der Waals surface area contributed by atoms with E-state index in [1.165, 1.54) is 19.0 Å². The molecular weight excluding hydrogens is 258 g/mol. The monoisotopic (exact) mass is 273 g/mol. The average Bonchev–Trinajstić information content (AvgIpc) is 2.96. The van der Waals surface area contributed by atoms with Crippen molar-refractivity contribution in [1.29, 1.82) is 0 Å². The predicted molar refractivity (Wildman–Crippen MR) is 68.2 cm³/mol. The molecule has 1 aliphatic carbocycles. The summed E-state index contributed by atoms with van der Waals surface area (Å²) in [5.74, 6) is 1.15. The molecule has 1 saturated heterocycles. The van der Waals surface area contributed by atoms with Gasteiger partial charge in [0.25, 0.3) is 5.91 Å². The van der Waals surface area contributed by atoms with Gasteiger partial charge >= 0.3 is 0 Å². The van der Waals surface area contributed by atoms with Crippen LogP contribution in [0.4, 0.5) is 0 Å². The van der Waals surface area contributed by atoms with E-state index in [9.17, 15) is 4.79 Å². The maximum atomic E-state index is 12.2. The highest BCUT2D eigenvalue weighted by molar-refractivity contribution is 5.95. The van der Waals surface area contributed by atoms with Gasteiger partial charge in [-0.3, -0.25) is 4.79 Å². The van der Waals surface area contributed by atoms with E-state index in [4.69, 9.17) is 4.52 Å². The number of likely N-dealkylation sites (tertiary alicyclic amines) is 1. The minimum absolute atomic E-state index is 0.0254. The lowest BCUT2D eigenvalue weighted by atomic mass is 10.1. The fraction of sp³-hybridized carbons (Fsp3) is 0.538. The molecule has 0 unspecified atom stereocenters. The van der Waals surface area contributed by atoms with Gasteiger partial charge in [-0.1, -0.05) is 10.4 Å². The van der Waals surface area contributed by atoms with Gasteiger partial charge in [0.2, 0.25) is 0 Å². The number of rotatable bonds is 3. The van der Waals surface area contributed by atoms with Gasteiger partial charge in [0, 0.05) is 25.2 Å². The Balaban J connectivity index is 1.41. The summed E-state index contributed by atoms with van der Waals surface area (Å²) in [6.45, 7) is 3.07. The van der Waals surface area contributed by atoms with Crippen molar-refractivity contribution in [3.05, 3.63) is 29.4 Å². The van der Waals surface area contributed by atoms with E-state index >= 15 is 0 Å². The minimum Gasteiger partial charge on any atom is -0.361 e. The van der Waals surface area contributed by atoms with Crippen molar-refractivity contribution >= 4 is 5.91 Å². The first-order valence-corrected chi connectivity index (χ1v) is 6.84. The Bertz CT molecular complexity index is 651. The highest BCUT2D eigenvalue weighted by Crippen LogP contribution is 2.39. The summed E-state index contributed by atoms with van der Waals surface area (Å²) in [6, 6.07) is 0.235. The van der Waals surface area contributed by atoms with E-state index in [1.807, 2.05) is 10.9 Å². The van der Waals surface area contributed by atoms with E-state index in [0.717, 1.165) is 5.69 Å². The van der Waals surface area contributed by atoms with Crippen molar-refractivity contribution in [2.75, 3.05) is 13.1 Å². The summed E-state index contributed by atoms with van der Waals surface area (Å²) in [6.07, 6.45) is 5.95. The lowest BCUT2D eigenvalue weighted by Gasteiger charge is -2.38. The second kappa shape index (κ2) is 4.16. The van der Waals surface area contributed by atoms with Gasteiger partial charge in [-0.2, -0.15) is 0 Å². The lowest BCUT2D eigenvalue weighted by molar-refractivity contribution is 0.0496. The summed E-state index contributed by atoms with van der Waals surface area (Å²) in [7, 11) is 0. The zero-order chi connectivity index (χ0) is 13.7. The van der Waals surface area contributed by atoms with E-state index in [-0.39, 0.29) is 11.9 Å². The quantitative estimate of drug-likeness (QED) is 0.838. The number of aryl methyl sites for hydroxylation is 1. The molecule has 0 N–H and O–H groups in total. The molecule has 0 radical (unpaired) electrons. The molecular formula is C13H15N5O2. The van der Waals surface area contributed by atoms with Crippen LogP contribution in [0.2, 0.25) is 0 Å². The van der Waals surface area contributed by atoms with Crippen molar-refractivity contribution < 1.29 is 9.32 Å². The number of carbonyl (C=O) groups excluding carboxylic acids is 1. The third-order valence-electron chi connectivity index (χ3n) is 4.03. The Morgan fingerprint density at radius 3 is 2.85 bits per heavy atom. The van der Waals surface area contributed by atoms with Crippen LogP contribution in [-0.4, -0.2) is 44.0 Å². The van der Waals surface area contributed by atoms with Crippen LogP contribution in [0.5, 0.6) is 0 Å². The molecule has 2 aliphatic rings. The molecule has 2 aromatic rings. The van der Waals surface area contributed by atoms with Crippen LogP contribution in [0.3, 0.4) is 0 Å². The Kier molecular flexibility index (Phi) is 2.42. The molecule has 7 nitrogen and oxygen atoms in total. The van der Waals surface area contributed by atoms with Gasteiger partial charge in [-0.25, -0.2) is 4.68 Å². The van der Waals surface area contributed by atoms with Gasteiger partial charge in [0.1, 0.15) is 11.3 Å². The molecule has 7 heteroatoms. The SMILES string of the molecule is Cc1oncc1C(=O)N1CC(n2cc(C3CC3)nn2)C1. The first-order valence-electron chi connectivity index (χ1n) is 6.84. The first-order chi connectivity index (χ1) is 9.72. The Hall–Kier alpha value is -2.18. The number of nitrogens with zero attached hydrogens (tertiary/aromatic N) is 5. The topological polar surface area (TPSA) is 77.0 Å². The smallest absolute Gasteiger partial charge is 0.259 e. The molecule has 2 fully saturated rings. The molecule has 1 saturated carbocycles. The van der Waals surface area contributed by atoms with Crippen molar-refractivity contribution in [2.24, 2.45) is 0 Å². The van der Waals surface area contributed by atoms with E-state index < -0.39 is 0 Å². The van der Waals surface area contributed by atoms with Crippen molar-refractivity contribution in [1.82, 2.24) is 25.1 Å². The Labute approximate surface area is 115 Å². The predicted octanol–water partition coefficient (Wildman–Crippen LogP) is 1.15. The van der Waals surface area contributed by atoms with Gasteiger partial charge in [0.05, 0.1) is 17.9 Å². The van der Waals surface area contributed by atoms with Crippen LogP contribution in [0.25, 0.3) is 0 Å². The van der Waals surface area contributed by atoms with Gasteiger partial charge in [0.15, 0.2) is 0 Å². The highest BCUT2D eigenvalue weighted by Gasteiger charge is 2.35. The molecule has 2 aromatic heterocycles. The fourth-order valence-electron chi connectivity index (χ4n) is 2.50. The van der Waals surface area contributed by atoms with Crippen molar-refractivity contribution in [3.63, 3.8) is 0 Å². The average molecular weight is 273 g/mol. The maximum absolute atomic E-state index is 12.2. The zero-order valence-electron chi connectivity index (χ0n) is 11.2. The number of amides is 1. The van der Waals surface area contributed by atoms with Crippen molar-refractivity contribution in [3.8, 4) is 0 Å². The summed E-state index contributed by atoms with van der Waals surface area (Å²) >= 11 is 0. The molecule has 0 aromatic carbocycles. The Morgan fingerprint density at radius 2 is 2.20 bits per heavy atom. The molecule has 4 rings (SSSR count). The fourth-order valence-corrected chi connectivity index (χ4v) is 2.50. The largest absolute Gasteiger partial charge is 0.361 e. The molecule has 20 heavy (non-hydrogen) atoms. The summed E-state index contributed by atoms with van der Waals surface area (Å²) in [4.78, 5) is 14.0. The van der Waals surface area contributed by atoms with E-state index in [2.05, 4.69) is 15.5 Å². The number of aromatic nitrogens is 4. The maximum Gasteiger partial charge on any atom is 0.259 e. The van der Waals surface area contributed by atoms with Crippen molar-refractivity contribution in [2.45, 2.75) is 31.7 Å². The second-order valence-corrected chi connectivity index (χ2v) is 5.56. The molecule has 0 atom stereocenters. The molecule has 104 valence electrons. The third kappa shape index (κ3) is 1.81.